The van der Waals surface area contributed by atoms with E-state index in [9.17, 15) is 9.59 Å². The number of ether oxygens (including phenoxy) is 1. The molecule has 1 unspecified atom stereocenters. The van der Waals surface area contributed by atoms with Crippen molar-refractivity contribution in [1.29, 1.82) is 0 Å². The van der Waals surface area contributed by atoms with Crippen LogP contribution in [-0.4, -0.2) is 53.4 Å². The molecule has 30 heavy (non-hydrogen) atoms. The summed E-state index contributed by atoms with van der Waals surface area (Å²) < 4.78 is 6.54. The Kier molecular flexibility index (Phi) is 6.14. The first-order valence-electron chi connectivity index (χ1n) is 10.9. The lowest BCUT2D eigenvalue weighted by atomic mass is 9.76. The third kappa shape index (κ3) is 4.10. The van der Waals surface area contributed by atoms with Crippen LogP contribution in [0, 0.1) is 0 Å². The van der Waals surface area contributed by atoms with Crippen LogP contribution >= 0.6 is 11.3 Å². The Morgan fingerprint density at radius 3 is 2.57 bits per heavy atom. The zero-order valence-electron chi connectivity index (χ0n) is 17.8. The van der Waals surface area contributed by atoms with E-state index < -0.39 is 0 Å². The topological polar surface area (TPSA) is 49.9 Å². The van der Waals surface area contributed by atoms with E-state index in [1.54, 1.807) is 11.3 Å². The first kappa shape index (κ1) is 20.9. The summed E-state index contributed by atoms with van der Waals surface area (Å²) in [6, 6.07) is 10.0. The van der Waals surface area contributed by atoms with Gasteiger partial charge in [-0.3, -0.25) is 9.59 Å². The van der Waals surface area contributed by atoms with Gasteiger partial charge in [-0.05, 0) is 43.3 Å². The second-order valence-corrected chi connectivity index (χ2v) is 9.08. The van der Waals surface area contributed by atoms with Crippen molar-refractivity contribution in [2.75, 3.05) is 26.2 Å². The van der Waals surface area contributed by atoms with Crippen molar-refractivity contribution >= 4 is 23.2 Å². The number of rotatable bonds is 5. The molecule has 1 aromatic carbocycles. The number of likely N-dealkylation sites (tertiary alicyclic amines) is 1. The van der Waals surface area contributed by atoms with Crippen LogP contribution in [0.4, 0.5) is 0 Å². The first-order valence-corrected chi connectivity index (χ1v) is 11.9. The number of nitrogens with zero attached hydrogens (tertiary/aromatic N) is 2. The fourth-order valence-electron chi connectivity index (χ4n) is 4.84. The van der Waals surface area contributed by atoms with E-state index in [1.807, 2.05) is 58.7 Å². The lowest BCUT2D eigenvalue weighted by molar-refractivity contribution is -0.131. The normalized spacial score (nSPS) is 19.8. The zero-order chi connectivity index (χ0) is 21.1. The fraction of sp³-hybridized carbons (Fsp3) is 0.500. The summed E-state index contributed by atoms with van der Waals surface area (Å²) in [5.41, 5.74) is 1.61. The molecule has 0 radical (unpaired) electrons. The average Bonchev–Trinajstić information content (AvgIpc) is 3.30. The summed E-state index contributed by atoms with van der Waals surface area (Å²) in [7, 11) is 0. The lowest BCUT2D eigenvalue weighted by Gasteiger charge is -2.47. The number of hydrogen-bond acceptors (Lipinski definition) is 4. The van der Waals surface area contributed by atoms with E-state index in [0.717, 1.165) is 49.2 Å². The largest absolute Gasteiger partial charge is 0.487 e. The maximum atomic E-state index is 12.9. The molecule has 2 amide bonds. The van der Waals surface area contributed by atoms with Gasteiger partial charge in [0.2, 0.25) is 5.91 Å². The molecule has 2 aliphatic rings. The van der Waals surface area contributed by atoms with Crippen LogP contribution in [0.1, 0.15) is 61.4 Å². The molecule has 1 atom stereocenters. The molecule has 0 saturated carbocycles. The van der Waals surface area contributed by atoms with Gasteiger partial charge in [-0.15, -0.1) is 0 Å². The summed E-state index contributed by atoms with van der Waals surface area (Å²) >= 11 is 1.55. The SMILES string of the molecule is CCN(CC)C(=O)CC1CC2(CCN(C(=O)c3ccsc3)CC2)Oc2ccccc21. The molecule has 2 aliphatic heterocycles. The summed E-state index contributed by atoms with van der Waals surface area (Å²) in [6.45, 7) is 6.92. The van der Waals surface area contributed by atoms with Crippen LogP contribution in [0.15, 0.2) is 41.1 Å². The minimum Gasteiger partial charge on any atom is -0.487 e. The average molecular weight is 427 g/mol. The standard InChI is InChI=1S/C24H30N2O3S/c1-3-25(4-2)22(27)15-19-16-24(29-21-8-6-5-7-20(19)21)10-12-26(13-11-24)23(28)18-9-14-30-17-18/h5-9,14,17,19H,3-4,10-13,15-16H2,1-2H3. The number of amides is 2. The van der Waals surface area contributed by atoms with Gasteiger partial charge in [0.1, 0.15) is 11.4 Å². The minimum atomic E-state index is -0.298. The Hall–Kier alpha value is -2.34. The number of hydrogen-bond donors (Lipinski definition) is 0. The van der Waals surface area contributed by atoms with Gasteiger partial charge < -0.3 is 14.5 Å². The van der Waals surface area contributed by atoms with Gasteiger partial charge in [0, 0.05) is 56.7 Å². The van der Waals surface area contributed by atoms with E-state index in [2.05, 4.69) is 6.07 Å². The van der Waals surface area contributed by atoms with Gasteiger partial charge in [-0.25, -0.2) is 0 Å². The number of fused-ring (bicyclic) bond motifs is 1. The number of thiophene rings is 1. The van der Waals surface area contributed by atoms with Crippen molar-refractivity contribution in [3.05, 3.63) is 52.2 Å². The molecule has 5 nitrogen and oxygen atoms in total. The number of carbonyl (C=O) groups is 2. The Labute approximate surface area is 182 Å². The molecule has 1 saturated heterocycles. The molecular weight excluding hydrogens is 396 g/mol. The minimum absolute atomic E-state index is 0.107. The molecule has 4 rings (SSSR count). The Bertz CT molecular complexity index is 884. The second-order valence-electron chi connectivity index (χ2n) is 8.30. The Balaban J connectivity index is 1.50. The molecule has 1 fully saturated rings. The summed E-state index contributed by atoms with van der Waals surface area (Å²) in [5, 5.41) is 3.85. The summed E-state index contributed by atoms with van der Waals surface area (Å²) in [5.74, 6) is 1.37. The number of benzene rings is 1. The monoisotopic (exact) mass is 426 g/mol. The lowest BCUT2D eigenvalue weighted by Crippen LogP contribution is -2.52. The van der Waals surface area contributed by atoms with Crippen molar-refractivity contribution in [2.24, 2.45) is 0 Å². The maximum Gasteiger partial charge on any atom is 0.254 e. The molecule has 0 bridgehead atoms. The van der Waals surface area contributed by atoms with Crippen LogP contribution in [0.5, 0.6) is 5.75 Å². The van der Waals surface area contributed by atoms with Crippen molar-refractivity contribution in [3.63, 3.8) is 0 Å². The van der Waals surface area contributed by atoms with Crippen LogP contribution in [0.25, 0.3) is 0 Å². The van der Waals surface area contributed by atoms with Gasteiger partial charge in [-0.1, -0.05) is 18.2 Å². The van der Waals surface area contributed by atoms with Gasteiger partial charge in [0.05, 0.1) is 5.56 Å². The summed E-state index contributed by atoms with van der Waals surface area (Å²) in [4.78, 5) is 29.4. The smallest absolute Gasteiger partial charge is 0.254 e. The highest BCUT2D eigenvalue weighted by Gasteiger charge is 2.44. The first-order chi connectivity index (χ1) is 14.5. The molecule has 0 aliphatic carbocycles. The van der Waals surface area contributed by atoms with E-state index in [4.69, 9.17) is 4.74 Å². The van der Waals surface area contributed by atoms with Crippen LogP contribution in [0.3, 0.4) is 0 Å². The third-order valence-corrected chi connectivity index (χ3v) is 7.25. The molecule has 3 heterocycles. The molecule has 160 valence electrons. The predicted molar refractivity (Wildman–Crippen MR) is 119 cm³/mol. The van der Waals surface area contributed by atoms with Crippen molar-refractivity contribution in [2.45, 2.75) is 51.0 Å². The van der Waals surface area contributed by atoms with E-state index >= 15 is 0 Å². The molecule has 6 heteroatoms. The number of para-hydroxylation sites is 1. The molecular formula is C24H30N2O3S. The fourth-order valence-corrected chi connectivity index (χ4v) is 5.46. The van der Waals surface area contributed by atoms with E-state index in [0.29, 0.717) is 19.5 Å². The van der Waals surface area contributed by atoms with E-state index in [1.165, 1.54) is 0 Å². The van der Waals surface area contributed by atoms with Crippen molar-refractivity contribution < 1.29 is 14.3 Å². The van der Waals surface area contributed by atoms with Crippen LogP contribution in [0.2, 0.25) is 0 Å². The molecule has 1 spiro atoms. The third-order valence-electron chi connectivity index (χ3n) is 6.57. The Morgan fingerprint density at radius 2 is 1.90 bits per heavy atom. The van der Waals surface area contributed by atoms with Crippen molar-refractivity contribution in [1.82, 2.24) is 9.80 Å². The predicted octanol–water partition coefficient (Wildman–Crippen LogP) is 4.55. The highest BCUT2D eigenvalue weighted by atomic mass is 32.1. The quantitative estimate of drug-likeness (QED) is 0.705. The van der Waals surface area contributed by atoms with Crippen molar-refractivity contribution in [3.8, 4) is 5.75 Å². The molecule has 1 aromatic heterocycles. The van der Waals surface area contributed by atoms with Gasteiger partial charge in [-0.2, -0.15) is 11.3 Å². The number of carbonyl (C=O) groups excluding carboxylic acids is 2. The van der Waals surface area contributed by atoms with Gasteiger partial charge in [0.25, 0.3) is 5.91 Å². The maximum absolute atomic E-state index is 12.9. The van der Waals surface area contributed by atoms with Gasteiger partial charge >= 0.3 is 0 Å². The zero-order valence-corrected chi connectivity index (χ0v) is 18.6. The van der Waals surface area contributed by atoms with Crippen LogP contribution < -0.4 is 4.74 Å². The molecule has 2 aromatic rings. The second kappa shape index (κ2) is 8.80. The number of piperidine rings is 1. The molecule has 0 N–H and O–H groups in total. The highest BCUT2D eigenvalue weighted by molar-refractivity contribution is 7.08. The summed E-state index contributed by atoms with van der Waals surface area (Å²) in [6.07, 6.45) is 2.94. The Morgan fingerprint density at radius 1 is 1.17 bits per heavy atom. The van der Waals surface area contributed by atoms with E-state index in [-0.39, 0.29) is 23.3 Å². The highest BCUT2D eigenvalue weighted by Crippen LogP contribution is 2.46. The van der Waals surface area contributed by atoms with Gasteiger partial charge in [0.15, 0.2) is 0 Å². The van der Waals surface area contributed by atoms with Crippen LogP contribution in [-0.2, 0) is 4.79 Å².